The molecule has 0 aliphatic carbocycles. The van der Waals surface area contributed by atoms with Crippen LogP contribution in [0.15, 0.2) is 18.2 Å². The highest BCUT2D eigenvalue weighted by atomic mass is 19.3. The van der Waals surface area contributed by atoms with E-state index in [4.69, 9.17) is 0 Å². The molecule has 0 saturated carbocycles. The minimum absolute atomic E-state index is 0.150. The summed E-state index contributed by atoms with van der Waals surface area (Å²) in [7, 11) is 0. The van der Waals surface area contributed by atoms with Gasteiger partial charge in [-0.05, 0) is 24.6 Å². The molecule has 4 heteroatoms. The van der Waals surface area contributed by atoms with Crippen LogP contribution >= 0.6 is 0 Å². The Bertz CT molecular complexity index is 376. The van der Waals surface area contributed by atoms with Gasteiger partial charge in [0.15, 0.2) is 0 Å². The van der Waals surface area contributed by atoms with Gasteiger partial charge in [0.25, 0.3) is 5.92 Å². The standard InChI is InChI=1S/C11H12F3N/c1-8-2-3-9(6-10(8)12)15-5-4-11(13,14)7-15/h2-3,6H,4-5,7H2,1H3. The van der Waals surface area contributed by atoms with Gasteiger partial charge in [-0.15, -0.1) is 0 Å². The Morgan fingerprint density at radius 1 is 1.33 bits per heavy atom. The number of benzene rings is 1. The molecular weight excluding hydrogens is 203 g/mol. The van der Waals surface area contributed by atoms with Crippen molar-refractivity contribution in [2.75, 3.05) is 18.0 Å². The molecule has 0 amide bonds. The molecule has 1 nitrogen and oxygen atoms in total. The summed E-state index contributed by atoms with van der Waals surface area (Å²) in [5, 5.41) is 0. The summed E-state index contributed by atoms with van der Waals surface area (Å²) in [6, 6.07) is 4.61. The largest absolute Gasteiger partial charge is 0.365 e. The maximum atomic E-state index is 13.2. The van der Waals surface area contributed by atoms with E-state index in [9.17, 15) is 13.2 Å². The van der Waals surface area contributed by atoms with Crippen molar-refractivity contribution >= 4 is 5.69 Å². The van der Waals surface area contributed by atoms with E-state index in [2.05, 4.69) is 0 Å². The molecule has 1 aliphatic rings. The van der Waals surface area contributed by atoms with Crippen LogP contribution < -0.4 is 4.90 Å². The molecule has 0 spiro atoms. The Kier molecular flexibility index (Phi) is 2.37. The van der Waals surface area contributed by atoms with Crippen LogP contribution in [0.3, 0.4) is 0 Å². The highest BCUT2D eigenvalue weighted by molar-refractivity contribution is 5.49. The summed E-state index contributed by atoms with van der Waals surface area (Å²) >= 11 is 0. The first-order valence-electron chi connectivity index (χ1n) is 4.87. The first kappa shape index (κ1) is 10.3. The topological polar surface area (TPSA) is 3.24 Å². The third-order valence-electron chi connectivity index (χ3n) is 2.69. The van der Waals surface area contributed by atoms with Crippen molar-refractivity contribution in [1.29, 1.82) is 0 Å². The monoisotopic (exact) mass is 215 g/mol. The Balaban J connectivity index is 2.21. The molecule has 0 unspecified atom stereocenters. The van der Waals surface area contributed by atoms with Crippen molar-refractivity contribution in [2.45, 2.75) is 19.3 Å². The van der Waals surface area contributed by atoms with Crippen LogP contribution in [-0.4, -0.2) is 19.0 Å². The van der Waals surface area contributed by atoms with E-state index in [1.165, 1.54) is 11.0 Å². The molecule has 0 N–H and O–H groups in total. The lowest BCUT2D eigenvalue weighted by atomic mass is 10.2. The van der Waals surface area contributed by atoms with Gasteiger partial charge in [0.05, 0.1) is 6.54 Å². The van der Waals surface area contributed by atoms with E-state index in [1.807, 2.05) is 0 Å². The predicted octanol–water partition coefficient (Wildman–Crippen LogP) is 2.98. The van der Waals surface area contributed by atoms with E-state index in [1.54, 1.807) is 19.1 Å². The predicted molar refractivity (Wildman–Crippen MR) is 52.9 cm³/mol. The quantitative estimate of drug-likeness (QED) is 0.696. The Morgan fingerprint density at radius 2 is 2.07 bits per heavy atom. The fraction of sp³-hybridized carbons (Fsp3) is 0.455. The van der Waals surface area contributed by atoms with Crippen molar-refractivity contribution in [1.82, 2.24) is 0 Å². The van der Waals surface area contributed by atoms with Crippen LogP contribution in [0.1, 0.15) is 12.0 Å². The fourth-order valence-electron chi connectivity index (χ4n) is 1.73. The lowest BCUT2D eigenvalue weighted by molar-refractivity contribution is 0.0257. The van der Waals surface area contributed by atoms with Gasteiger partial charge in [-0.3, -0.25) is 0 Å². The van der Waals surface area contributed by atoms with E-state index in [0.717, 1.165) is 0 Å². The summed E-state index contributed by atoms with van der Waals surface area (Å²) < 4.78 is 39.1. The number of alkyl halides is 2. The van der Waals surface area contributed by atoms with E-state index in [0.29, 0.717) is 11.3 Å². The summed E-state index contributed by atoms with van der Waals surface area (Å²) in [6.45, 7) is 1.63. The Labute approximate surface area is 86.5 Å². The molecule has 0 atom stereocenters. The van der Waals surface area contributed by atoms with Crippen molar-refractivity contribution < 1.29 is 13.2 Å². The summed E-state index contributed by atoms with van der Waals surface area (Å²) in [5.41, 5.74) is 1.07. The van der Waals surface area contributed by atoms with Gasteiger partial charge in [0, 0.05) is 18.7 Å². The highest BCUT2D eigenvalue weighted by Crippen LogP contribution is 2.31. The Morgan fingerprint density at radius 3 is 2.60 bits per heavy atom. The lowest BCUT2D eigenvalue weighted by Gasteiger charge is -2.18. The summed E-state index contributed by atoms with van der Waals surface area (Å²) in [4.78, 5) is 1.52. The van der Waals surface area contributed by atoms with Gasteiger partial charge in [0.2, 0.25) is 0 Å². The molecule has 0 aromatic heterocycles. The number of hydrogen-bond donors (Lipinski definition) is 0. The van der Waals surface area contributed by atoms with Gasteiger partial charge < -0.3 is 4.90 Å². The fourth-order valence-corrected chi connectivity index (χ4v) is 1.73. The van der Waals surface area contributed by atoms with Crippen LogP contribution in [0.5, 0.6) is 0 Å². The van der Waals surface area contributed by atoms with Gasteiger partial charge in [0.1, 0.15) is 5.82 Å². The molecule has 1 saturated heterocycles. The first-order valence-corrected chi connectivity index (χ1v) is 4.87. The molecule has 0 radical (unpaired) electrons. The van der Waals surface area contributed by atoms with Gasteiger partial charge >= 0.3 is 0 Å². The van der Waals surface area contributed by atoms with Crippen molar-refractivity contribution in [3.8, 4) is 0 Å². The number of rotatable bonds is 1. The second-order valence-electron chi connectivity index (χ2n) is 3.96. The summed E-state index contributed by atoms with van der Waals surface area (Å²) in [6.07, 6.45) is -0.150. The second kappa shape index (κ2) is 3.43. The number of aryl methyl sites for hydroxylation is 1. The molecule has 1 heterocycles. The normalized spacial score (nSPS) is 19.6. The molecule has 2 rings (SSSR count). The van der Waals surface area contributed by atoms with Crippen LogP contribution in [0, 0.1) is 12.7 Å². The molecule has 0 bridgehead atoms. The maximum Gasteiger partial charge on any atom is 0.266 e. The SMILES string of the molecule is Cc1ccc(N2CCC(F)(F)C2)cc1F. The third-order valence-corrected chi connectivity index (χ3v) is 2.69. The molecule has 82 valence electrons. The Hall–Kier alpha value is -1.19. The average molecular weight is 215 g/mol. The zero-order chi connectivity index (χ0) is 11.1. The number of halogens is 3. The number of anilines is 1. The van der Waals surface area contributed by atoms with Crippen LogP contribution in [-0.2, 0) is 0 Å². The smallest absolute Gasteiger partial charge is 0.266 e. The molecule has 1 fully saturated rings. The molecule has 15 heavy (non-hydrogen) atoms. The number of hydrogen-bond acceptors (Lipinski definition) is 1. The zero-order valence-corrected chi connectivity index (χ0v) is 8.43. The van der Waals surface area contributed by atoms with Crippen molar-refractivity contribution in [3.05, 3.63) is 29.6 Å². The van der Waals surface area contributed by atoms with Gasteiger partial charge in [-0.1, -0.05) is 6.07 Å². The first-order chi connectivity index (χ1) is 6.98. The molecule has 1 aliphatic heterocycles. The molecule has 1 aromatic carbocycles. The van der Waals surface area contributed by atoms with Crippen LogP contribution in [0.2, 0.25) is 0 Å². The van der Waals surface area contributed by atoms with E-state index < -0.39 is 5.92 Å². The maximum absolute atomic E-state index is 13.2. The van der Waals surface area contributed by atoms with Crippen LogP contribution in [0.25, 0.3) is 0 Å². The highest BCUT2D eigenvalue weighted by Gasteiger charge is 2.38. The van der Waals surface area contributed by atoms with E-state index in [-0.39, 0.29) is 25.3 Å². The zero-order valence-electron chi connectivity index (χ0n) is 8.43. The molecule has 1 aromatic rings. The van der Waals surface area contributed by atoms with Gasteiger partial charge in [-0.2, -0.15) is 0 Å². The molecular formula is C11H12F3N. The average Bonchev–Trinajstić information content (AvgIpc) is 2.51. The second-order valence-corrected chi connectivity index (χ2v) is 3.96. The van der Waals surface area contributed by atoms with Crippen molar-refractivity contribution in [3.63, 3.8) is 0 Å². The minimum Gasteiger partial charge on any atom is -0.365 e. The van der Waals surface area contributed by atoms with Crippen molar-refractivity contribution in [2.24, 2.45) is 0 Å². The summed E-state index contributed by atoms with van der Waals surface area (Å²) in [5.74, 6) is -2.98. The minimum atomic E-state index is -2.64. The van der Waals surface area contributed by atoms with Gasteiger partial charge in [-0.25, -0.2) is 13.2 Å². The number of nitrogens with zero attached hydrogens (tertiary/aromatic N) is 1. The van der Waals surface area contributed by atoms with Crippen LogP contribution in [0.4, 0.5) is 18.9 Å². The third kappa shape index (κ3) is 2.08. The van der Waals surface area contributed by atoms with E-state index >= 15 is 0 Å². The lowest BCUT2D eigenvalue weighted by Crippen LogP contribution is -2.24.